The summed E-state index contributed by atoms with van der Waals surface area (Å²) in [5, 5.41) is 0. The summed E-state index contributed by atoms with van der Waals surface area (Å²) >= 11 is 1.41. The summed E-state index contributed by atoms with van der Waals surface area (Å²) in [6.45, 7) is 2.02. The average molecular weight is 247 g/mol. The van der Waals surface area contributed by atoms with Gasteiger partial charge in [0.15, 0.2) is 0 Å². The monoisotopic (exact) mass is 247 g/mol. The Bertz CT molecular complexity index is 508. The van der Waals surface area contributed by atoms with Gasteiger partial charge in [-0.25, -0.2) is 4.39 Å². The summed E-state index contributed by atoms with van der Waals surface area (Å²) in [5.74, 6) is -0.161. The van der Waals surface area contributed by atoms with Gasteiger partial charge in [0, 0.05) is 15.5 Å². The zero-order chi connectivity index (χ0) is 12.3. The fraction of sp³-hybridized carbons (Fsp3) is 0.143. The van der Waals surface area contributed by atoms with Gasteiger partial charge in [-0.1, -0.05) is 24.8 Å². The summed E-state index contributed by atoms with van der Waals surface area (Å²) in [7, 11) is 0. The van der Waals surface area contributed by atoms with Crippen molar-refractivity contribution in [2.45, 2.75) is 23.1 Å². The van der Waals surface area contributed by atoms with Crippen LogP contribution in [0, 0.1) is 5.82 Å². The van der Waals surface area contributed by atoms with Crippen LogP contribution >= 0.6 is 11.8 Å². The van der Waals surface area contributed by atoms with Gasteiger partial charge < -0.3 is 5.73 Å². The summed E-state index contributed by atoms with van der Waals surface area (Å²) < 4.78 is 13.8. The van der Waals surface area contributed by atoms with E-state index in [2.05, 4.69) is 0 Å². The van der Waals surface area contributed by atoms with Crippen LogP contribution in [0.2, 0.25) is 0 Å². The third-order valence-electron chi connectivity index (χ3n) is 2.51. The van der Waals surface area contributed by atoms with Gasteiger partial charge in [0.2, 0.25) is 0 Å². The van der Waals surface area contributed by atoms with E-state index in [1.807, 2.05) is 43.3 Å². The number of rotatable bonds is 3. The van der Waals surface area contributed by atoms with Crippen molar-refractivity contribution in [3.8, 4) is 0 Å². The average Bonchev–Trinajstić information content (AvgIpc) is 2.34. The molecule has 0 aliphatic carbocycles. The second kappa shape index (κ2) is 5.23. The largest absolute Gasteiger partial charge is 0.399 e. The first-order valence-corrected chi connectivity index (χ1v) is 6.32. The van der Waals surface area contributed by atoms with E-state index < -0.39 is 0 Å². The molecule has 0 bridgehead atoms. The van der Waals surface area contributed by atoms with Crippen LogP contribution in [0.25, 0.3) is 0 Å². The topological polar surface area (TPSA) is 26.0 Å². The lowest BCUT2D eigenvalue weighted by atomic mass is 10.2. The molecule has 0 fully saturated rings. The van der Waals surface area contributed by atoms with Crippen LogP contribution in [-0.2, 0) is 6.42 Å². The molecule has 2 aromatic rings. The van der Waals surface area contributed by atoms with Crippen LogP contribution in [0.1, 0.15) is 12.5 Å². The van der Waals surface area contributed by atoms with E-state index in [9.17, 15) is 4.39 Å². The number of nitrogens with two attached hydrogens (primary N) is 1. The zero-order valence-corrected chi connectivity index (χ0v) is 10.4. The molecule has 2 rings (SSSR count). The molecule has 0 spiro atoms. The van der Waals surface area contributed by atoms with Gasteiger partial charge in [-0.3, -0.25) is 0 Å². The van der Waals surface area contributed by atoms with E-state index in [-0.39, 0.29) is 5.82 Å². The van der Waals surface area contributed by atoms with Gasteiger partial charge >= 0.3 is 0 Å². The number of benzene rings is 2. The quantitative estimate of drug-likeness (QED) is 0.826. The van der Waals surface area contributed by atoms with Crippen LogP contribution in [-0.4, -0.2) is 0 Å². The molecule has 2 aromatic carbocycles. The van der Waals surface area contributed by atoms with Gasteiger partial charge in [-0.05, 0) is 48.4 Å². The number of hydrogen-bond acceptors (Lipinski definition) is 2. The third kappa shape index (κ3) is 3.01. The summed E-state index contributed by atoms with van der Waals surface area (Å²) in [6, 6.07) is 12.8. The van der Waals surface area contributed by atoms with Crippen molar-refractivity contribution >= 4 is 17.4 Å². The second-order valence-electron chi connectivity index (χ2n) is 3.79. The molecule has 0 unspecified atom stereocenters. The van der Waals surface area contributed by atoms with E-state index in [1.54, 1.807) is 6.07 Å². The molecule has 0 aliphatic rings. The minimum atomic E-state index is -0.161. The molecular formula is C14H14FNS. The summed E-state index contributed by atoms with van der Waals surface area (Å²) in [4.78, 5) is 1.63. The Hall–Kier alpha value is -1.48. The van der Waals surface area contributed by atoms with Crippen molar-refractivity contribution in [1.82, 2.24) is 0 Å². The van der Waals surface area contributed by atoms with Gasteiger partial charge in [0.1, 0.15) is 5.82 Å². The molecule has 0 radical (unpaired) electrons. The Kier molecular flexibility index (Phi) is 3.69. The number of hydrogen-bond donors (Lipinski definition) is 1. The maximum absolute atomic E-state index is 13.8. The van der Waals surface area contributed by atoms with Crippen LogP contribution in [0.3, 0.4) is 0 Å². The minimum Gasteiger partial charge on any atom is -0.399 e. The third-order valence-corrected chi connectivity index (χ3v) is 3.57. The van der Waals surface area contributed by atoms with Gasteiger partial charge in [-0.15, -0.1) is 0 Å². The molecule has 0 amide bonds. The van der Waals surface area contributed by atoms with Crippen molar-refractivity contribution < 1.29 is 4.39 Å². The van der Waals surface area contributed by atoms with Crippen LogP contribution < -0.4 is 5.73 Å². The van der Waals surface area contributed by atoms with Gasteiger partial charge in [0.05, 0.1) is 0 Å². The first-order chi connectivity index (χ1) is 8.19. The molecule has 0 heterocycles. The normalized spacial score (nSPS) is 10.5. The van der Waals surface area contributed by atoms with Crippen LogP contribution in [0.15, 0.2) is 52.3 Å². The lowest BCUT2D eigenvalue weighted by molar-refractivity contribution is 0.600. The highest BCUT2D eigenvalue weighted by molar-refractivity contribution is 7.99. The molecule has 0 atom stereocenters. The first-order valence-electron chi connectivity index (χ1n) is 5.51. The second-order valence-corrected chi connectivity index (χ2v) is 4.90. The lowest BCUT2D eigenvalue weighted by Crippen LogP contribution is -1.86. The fourth-order valence-corrected chi connectivity index (χ4v) is 2.33. The predicted molar refractivity (Wildman–Crippen MR) is 70.8 cm³/mol. The molecule has 0 aliphatic heterocycles. The predicted octanol–water partition coefficient (Wildman–Crippen LogP) is 4.12. The maximum atomic E-state index is 13.8. The molecule has 1 nitrogen and oxygen atoms in total. The Morgan fingerprint density at radius 2 is 1.82 bits per heavy atom. The van der Waals surface area contributed by atoms with Crippen molar-refractivity contribution in [2.75, 3.05) is 5.73 Å². The molecule has 0 aromatic heterocycles. The van der Waals surface area contributed by atoms with Crippen LogP contribution in [0.4, 0.5) is 10.1 Å². The summed E-state index contributed by atoms with van der Waals surface area (Å²) in [5.41, 5.74) is 7.34. The Morgan fingerprint density at radius 3 is 2.41 bits per heavy atom. The SMILES string of the molecule is CCc1ccc(Sc2ccc(N)cc2)c(F)c1. The maximum Gasteiger partial charge on any atom is 0.137 e. The highest BCUT2D eigenvalue weighted by Crippen LogP contribution is 2.30. The van der Waals surface area contributed by atoms with E-state index in [0.29, 0.717) is 4.90 Å². The summed E-state index contributed by atoms with van der Waals surface area (Å²) in [6.07, 6.45) is 0.851. The number of halogens is 1. The molecule has 0 saturated heterocycles. The molecule has 17 heavy (non-hydrogen) atoms. The number of nitrogen functional groups attached to an aromatic ring is 1. The number of anilines is 1. The van der Waals surface area contributed by atoms with Crippen molar-refractivity contribution in [1.29, 1.82) is 0 Å². The molecule has 3 heteroatoms. The van der Waals surface area contributed by atoms with Crippen molar-refractivity contribution in [3.63, 3.8) is 0 Å². The van der Waals surface area contributed by atoms with Crippen molar-refractivity contribution in [2.24, 2.45) is 0 Å². The highest BCUT2D eigenvalue weighted by atomic mass is 32.2. The molecule has 2 N–H and O–H groups in total. The Labute approximate surface area is 105 Å². The van der Waals surface area contributed by atoms with Gasteiger partial charge in [-0.2, -0.15) is 0 Å². The van der Waals surface area contributed by atoms with Gasteiger partial charge in [0.25, 0.3) is 0 Å². The minimum absolute atomic E-state index is 0.161. The zero-order valence-electron chi connectivity index (χ0n) is 9.61. The van der Waals surface area contributed by atoms with E-state index in [1.165, 1.54) is 11.8 Å². The van der Waals surface area contributed by atoms with E-state index in [0.717, 1.165) is 22.6 Å². The van der Waals surface area contributed by atoms with Crippen LogP contribution in [0.5, 0.6) is 0 Å². The Morgan fingerprint density at radius 1 is 1.12 bits per heavy atom. The smallest absolute Gasteiger partial charge is 0.137 e. The Balaban J connectivity index is 2.21. The number of aryl methyl sites for hydroxylation is 1. The van der Waals surface area contributed by atoms with Crippen molar-refractivity contribution in [3.05, 3.63) is 53.8 Å². The standard InChI is InChI=1S/C14H14FNS/c1-2-10-3-8-14(13(15)9-10)17-12-6-4-11(16)5-7-12/h3-9H,2,16H2,1H3. The van der Waals surface area contributed by atoms with E-state index >= 15 is 0 Å². The van der Waals surface area contributed by atoms with E-state index in [4.69, 9.17) is 5.73 Å². The molecule has 0 saturated carbocycles. The fourth-order valence-electron chi connectivity index (χ4n) is 1.51. The highest BCUT2D eigenvalue weighted by Gasteiger charge is 2.05. The molecular weight excluding hydrogens is 233 g/mol. The first kappa shape index (κ1) is 12.0. The lowest BCUT2D eigenvalue weighted by Gasteiger charge is -2.05. The molecule has 88 valence electrons.